The summed E-state index contributed by atoms with van der Waals surface area (Å²) >= 11 is 0. The Morgan fingerprint density at radius 3 is 2.94 bits per heavy atom. The van der Waals surface area contributed by atoms with E-state index in [1.165, 1.54) is 16.7 Å². The molecule has 0 aliphatic carbocycles. The molecule has 17 heavy (non-hydrogen) atoms. The molecule has 0 saturated heterocycles. The number of amides is 1. The fourth-order valence-corrected chi connectivity index (χ4v) is 2.36. The molecule has 3 nitrogen and oxygen atoms in total. The third-order valence-electron chi connectivity index (χ3n) is 3.22. The van der Waals surface area contributed by atoms with Crippen LogP contribution in [-0.2, 0) is 11.3 Å². The smallest absolute Gasteiger partial charge is 0.229 e. The molecule has 0 spiro atoms. The van der Waals surface area contributed by atoms with Crippen LogP contribution in [0.2, 0.25) is 0 Å². The number of rotatable bonds is 2. The highest BCUT2D eigenvalue weighted by atomic mass is 16.1. The zero-order valence-corrected chi connectivity index (χ0v) is 10.7. The highest BCUT2D eigenvalue weighted by Gasteiger charge is 2.26. The summed E-state index contributed by atoms with van der Waals surface area (Å²) < 4.78 is 0. The molecule has 92 valence electrons. The summed E-state index contributed by atoms with van der Waals surface area (Å²) in [7, 11) is 0. The Morgan fingerprint density at radius 2 is 2.24 bits per heavy atom. The molecule has 1 aliphatic rings. The van der Waals surface area contributed by atoms with Crippen molar-refractivity contribution in [2.75, 3.05) is 6.54 Å². The van der Waals surface area contributed by atoms with Gasteiger partial charge >= 0.3 is 0 Å². The fraction of sp³-hybridized carbons (Fsp3) is 0.500. The Kier molecular flexibility index (Phi) is 3.48. The van der Waals surface area contributed by atoms with Crippen molar-refractivity contribution in [3.05, 3.63) is 34.9 Å². The van der Waals surface area contributed by atoms with E-state index in [-0.39, 0.29) is 17.9 Å². The SMILES string of the molecule is Cc1cccc2c1CNCC2C(=O)NC(C)C. The third-order valence-corrected chi connectivity index (χ3v) is 3.22. The predicted octanol–water partition coefficient (Wildman–Crippen LogP) is 1.71. The lowest BCUT2D eigenvalue weighted by Gasteiger charge is -2.27. The number of nitrogens with one attached hydrogen (secondary N) is 2. The van der Waals surface area contributed by atoms with Crippen LogP contribution in [0, 0.1) is 6.92 Å². The molecule has 0 radical (unpaired) electrons. The number of hydrogen-bond acceptors (Lipinski definition) is 2. The van der Waals surface area contributed by atoms with Gasteiger partial charge in [-0.05, 0) is 37.5 Å². The Morgan fingerprint density at radius 1 is 1.47 bits per heavy atom. The summed E-state index contributed by atoms with van der Waals surface area (Å²) in [6, 6.07) is 6.41. The summed E-state index contributed by atoms with van der Waals surface area (Å²) in [5, 5.41) is 6.32. The average molecular weight is 232 g/mol. The van der Waals surface area contributed by atoms with Crippen molar-refractivity contribution in [2.24, 2.45) is 0 Å². The molecular formula is C14H20N2O. The number of hydrogen-bond donors (Lipinski definition) is 2. The number of benzene rings is 1. The number of carbonyl (C=O) groups excluding carboxylic acids is 1. The van der Waals surface area contributed by atoms with E-state index in [0.717, 1.165) is 13.1 Å². The standard InChI is InChI=1S/C14H20N2O/c1-9(2)16-14(17)13-8-15-7-12-10(3)5-4-6-11(12)13/h4-6,9,13,15H,7-8H2,1-3H3,(H,16,17). The minimum atomic E-state index is -0.0546. The Bertz CT molecular complexity index is 426. The van der Waals surface area contributed by atoms with Crippen LogP contribution in [0.25, 0.3) is 0 Å². The van der Waals surface area contributed by atoms with Gasteiger partial charge in [0, 0.05) is 19.1 Å². The summed E-state index contributed by atoms with van der Waals surface area (Å²) in [5.74, 6) is 0.0695. The van der Waals surface area contributed by atoms with E-state index in [1.807, 2.05) is 19.9 Å². The second kappa shape index (κ2) is 4.88. The molecule has 1 aromatic carbocycles. The van der Waals surface area contributed by atoms with Crippen molar-refractivity contribution in [3.8, 4) is 0 Å². The zero-order valence-electron chi connectivity index (χ0n) is 10.7. The predicted molar refractivity (Wildman–Crippen MR) is 68.9 cm³/mol. The molecule has 1 heterocycles. The average Bonchev–Trinajstić information content (AvgIpc) is 2.28. The van der Waals surface area contributed by atoms with Gasteiger partial charge in [-0.25, -0.2) is 0 Å². The van der Waals surface area contributed by atoms with Gasteiger partial charge in [0.1, 0.15) is 0 Å². The van der Waals surface area contributed by atoms with Crippen LogP contribution in [0.4, 0.5) is 0 Å². The minimum Gasteiger partial charge on any atom is -0.353 e. The first-order chi connectivity index (χ1) is 8.09. The van der Waals surface area contributed by atoms with Gasteiger partial charge in [0.2, 0.25) is 5.91 Å². The maximum Gasteiger partial charge on any atom is 0.229 e. The second-order valence-corrected chi connectivity index (χ2v) is 4.99. The first-order valence-electron chi connectivity index (χ1n) is 6.19. The molecule has 1 unspecified atom stereocenters. The molecule has 0 aromatic heterocycles. The van der Waals surface area contributed by atoms with Crippen LogP contribution >= 0.6 is 0 Å². The van der Waals surface area contributed by atoms with Crippen molar-refractivity contribution >= 4 is 5.91 Å². The first-order valence-corrected chi connectivity index (χ1v) is 6.19. The van der Waals surface area contributed by atoms with Crippen LogP contribution in [0.15, 0.2) is 18.2 Å². The summed E-state index contributed by atoms with van der Waals surface area (Å²) in [4.78, 5) is 12.1. The number of fused-ring (bicyclic) bond motifs is 1. The van der Waals surface area contributed by atoms with Gasteiger partial charge < -0.3 is 10.6 Å². The topological polar surface area (TPSA) is 41.1 Å². The maximum atomic E-state index is 12.1. The molecular weight excluding hydrogens is 212 g/mol. The summed E-state index contributed by atoms with van der Waals surface area (Å²) in [6.45, 7) is 7.68. The molecule has 1 amide bonds. The normalized spacial score (nSPS) is 18.9. The van der Waals surface area contributed by atoms with E-state index >= 15 is 0 Å². The van der Waals surface area contributed by atoms with Crippen LogP contribution in [0.3, 0.4) is 0 Å². The van der Waals surface area contributed by atoms with Crippen molar-refractivity contribution < 1.29 is 4.79 Å². The van der Waals surface area contributed by atoms with Crippen molar-refractivity contribution in [3.63, 3.8) is 0 Å². The van der Waals surface area contributed by atoms with Crippen LogP contribution in [-0.4, -0.2) is 18.5 Å². The third kappa shape index (κ3) is 2.50. The molecule has 2 rings (SSSR count). The quantitative estimate of drug-likeness (QED) is 0.815. The number of carbonyl (C=O) groups is 1. The molecule has 0 saturated carbocycles. The maximum absolute atomic E-state index is 12.1. The summed E-state index contributed by atoms with van der Waals surface area (Å²) in [5.41, 5.74) is 3.72. The molecule has 0 fully saturated rings. The van der Waals surface area contributed by atoms with Crippen LogP contribution in [0.5, 0.6) is 0 Å². The van der Waals surface area contributed by atoms with Gasteiger partial charge in [0.15, 0.2) is 0 Å². The van der Waals surface area contributed by atoms with Gasteiger partial charge in [-0.15, -0.1) is 0 Å². The highest BCUT2D eigenvalue weighted by Crippen LogP contribution is 2.26. The molecule has 2 N–H and O–H groups in total. The van der Waals surface area contributed by atoms with Crippen LogP contribution in [0.1, 0.15) is 36.5 Å². The van der Waals surface area contributed by atoms with E-state index in [0.29, 0.717) is 0 Å². The number of aryl methyl sites for hydroxylation is 1. The van der Waals surface area contributed by atoms with E-state index in [2.05, 4.69) is 29.7 Å². The molecule has 3 heteroatoms. The van der Waals surface area contributed by atoms with E-state index < -0.39 is 0 Å². The van der Waals surface area contributed by atoms with E-state index in [4.69, 9.17) is 0 Å². The lowest BCUT2D eigenvalue weighted by Crippen LogP contribution is -2.41. The van der Waals surface area contributed by atoms with Crippen molar-refractivity contribution in [1.82, 2.24) is 10.6 Å². The molecule has 1 aromatic rings. The Balaban J connectivity index is 2.29. The highest BCUT2D eigenvalue weighted by molar-refractivity contribution is 5.85. The summed E-state index contributed by atoms with van der Waals surface area (Å²) in [6.07, 6.45) is 0. The molecule has 0 bridgehead atoms. The zero-order chi connectivity index (χ0) is 12.4. The lowest BCUT2D eigenvalue weighted by molar-refractivity contribution is -0.123. The molecule has 1 atom stereocenters. The van der Waals surface area contributed by atoms with Crippen molar-refractivity contribution in [1.29, 1.82) is 0 Å². The van der Waals surface area contributed by atoms with Gasteiger partial charge in [-0.1, -0.05) is 18.2 Å². The Hall–Kier alpha value is -1.35. The lowest BCUT2D eigenvalue weighted by atomic mass is 9.87. The van der Waals surface area contributed by atoms with Gasteiger partial charge in [-0.2, -0.15) is 0 Å². The van der Waals surface area contributed by atoms with E-state index in [1.54, 1.807) is 0 Å². The largest absolute Gasteiger partial charge is 0.353 e. The van der Waals surface area contributed by atoms with Gasteiger partial charge in [0.25, 0.3) is 0 Å². The monoisotopic (exact) mass is 232 g/mol. The molecule has 1 aliphatic heterocycles. The minimum absolute atomic E-state index is 0.0546. The van der Waals surface area contributed by atoms with Crippen molar-refractivity contribution in [2.45, 2.75) is 39.3 Å². The first kappa shape index (κ1) is 12.1. The second-order valence-electron chi connectivity index (χ2n) is 4.99. The van der Waals surface area contributed by atoms with Crippen LogP contribution < -0.4 is 10.6 Å². The Labute approximate surface area is 103 Å². The van der Waals surface area contributed by atoms with Gasteiger partial charge in [-0.3, -0.25) is 4.79 Å². The van der Waals surface area contributed by atoms with E-state index in [9.17, 15) is 4.79 Å². The van der Waals surface area contributed by atoms with Gasteiger partial charge in [0.05, 0.1) is 5.92 Å². The fourth-order valence-electron chi connectivity index (χ4n) is 2.36.